The summed E-state index contributed by atoms with van der Waals surface area (Å²) >= 11 is 0. The summed E-state index contributed by atoms with van der Waals surface area (Å²) in [7, 11) is -1.60. The van der Waals surface area contributed by atoms with Crippen molar-refractivity contribution in [3.63, 3.8) is 0 Å². The van der Waals surface area contributed by atoms with Crippen LogP contribution in [0.4, 0.5) is 5.69 Å². The fourth-order valence-corrected chi connectivity index (χ4v) is 3.89. The molecule has 0 amide bonds. The Morgan fingerprint density at radius 1 is 0.857 bits per heavy atom. The standard InChI is InChI=1S/C24H37NO2Si/c1-24(2,3)28(4,5)27-18-12-7-6-11-17-26-21-15-16-22(23(25)19-21)20-13-9-8-10-14-20/h8-10,13-16,19H,6-7,11-12,17-18,25H2,1-5H3. The zero-order valence-electron chi connectivity index (χ0n) is 18.3. The molecule has 2 aromatic rings. The van der Waals surface area contributed by atoms with Crippen molar-refractivity contribution < 1.29 is 9.16 Å². The number of hydrogen-bond acceptors (Lipinski definition) is 3. The second-order valence-electron chi connectivity index (χ2n) is 8.99. The number of unbranched alkanes of at least 4 members (excludes halogenated alkanes) is 3. The van der Waals surface area contributed by atoms with Crippen molar-refractivity contribution in [2.45, 2.75) is 64.6 Å². The van der Waals surface area contributed by atoms with Crippen molar-refractivity contribution in [1.82, 2.24) is 0 Å². The van der Waals surface area contributed by atoms with Gasteiger partial charge in [-0.2, -0.15) is 0 Å². The van der Waals surface area contributed by atoms with Gasteiger partial charge in [-0.25, -0.2) is 0 Å². The second-order valence-corrected chi connectivity index (χ2v) is 13.8. The van der Waals surface area contributed by atoms with Crippen LogP contribution in [0, 0.1) is 0 Å². The average Bonchev–Trinajstić information content (AvgIpc) is 2.63. The number of nitrogen functional groups attached to an aromatic ring is 1. The highest BCUT2D eigenvalue weighted by Gasteiger charge is 2.36. The van der Waals surface area contributed by atoms with Crippen molar-refractivity contribution in [1.29, 1.82) is 0 Å². The van der Waals surface area contributed by atoms with Gasteiger partial charge in [-0.15, -0.1) is 0 Å². The fourth-order valence-electron chi connectivity index (χ4n) is 2.80. The van der Waals surface area contributed by atoms with E-state index >= 15 is 0 Å². The van der Waals surface area contributed by atoms with Gasteiger partial charge in [0.15, 0.2) is 8.32 Å². The Balaban J connectivity index is 1.64. The van der Waals surface area contributed by atoms with Crippen LogP contribution in [0.2, 0.25) is 18.1 Å². The first-order valence-electron chi connectivity index (χ1n) is 10.4. The Bertz CT molecular complexity index is 723. The number of benzene rings is 2. The van der Waals surface area contributed by atoms with E-state index in [-0.39, 0.29) is 0 Å². The lowest BCUT2D eigenvalue weighted by molar-refractivity contribution is 0.270. The van der Waals surface area contributed by atoms with Crippen LogP contribution in [-0.2, 0) is 4.43 Å². The van der Waals surface area contributed by atoms with Crippen LogP contribution >= 0.6 is 0 Å². The van der Waals surface area contributed by atoms with E-state index in [0.29, 0.717) is 5.04 Å². The Labute approximate surface area is 172 Å². The number of anilines is 1. The first kappa shape index (κ1) is 22.5. The zero-order chi connectivity index (χ0) is 20.6. The molecular weight excluding hydrogens is 362 g/mol. The summed E-state index contributed by atoms with van der Waals surface area (Å²) in [4.78, 5) is 0. The van der Waals surface area contributed by atoms with Gasteiger partial charge in [0.1, 0.15) is 5.75 Å². The van der Waals surface area contributed by atoms with Gasteiger partial charge in [0.05, 0.1) is 6.61 Å². The smallest absolute Gasteiger partial charge is 0.191 e. The summed E-state index contributed by atoms with van der Waals surface area (Å²) in [6.45, 7) is 13.1. The lowest BCUT2D eigenvalue weighted by atomic mass is 10.0. The molecule has 2 rings (SSSR count). The molecule has 0 aliphatic heterocycles. The van der Waals surface area contributed by atoms with Crippen LogP contribution in [-0.4, -0.2) is 21.5 Å². The monoisotopic (exact) mass is 399 g/mol. The Morgan fingerprint density at radius 3 is 2.11 bits per heavy atom. The van der Waals surface area contributed by atoms with E-state index in [2.05, 4.69) is 46.0 Å². The van der Waals surface area contributed by atoms with Crippen molar-refractivity contribution >= 4 is 14.0 Å². The number of rotatable bonds is 10. The highest BCUT2D eigenvalue weighted by Crippen LogP contribution is 2.36. The second kappa shape index (κ2) is 10.1. The highest BCUT2D eigenvalue weighted by molar-refractivity contribution is 6.74. The van der Waals surface area contributed by atoms with Crippen LogP contribution in [0.25, 0.3) is 11.1 Å². The molecule has 0 aliphatic rings. The molecular formula is C24H37NO2Si. The number of nitrogens with two attached hydrogens (primary N) is 1. The Kier molecular flexibility index (Phi) is 8.14. The molecule has 0 heterocycles. The first-order chi connectivity index (χ1) is 13.2. The maximum Gasteiger partial charge on any atom is 0.191 e. The average molecular weight is 400 g/mol. The summed E-state index contributed by atoms with van der Waals surface area (Å²) in [6.07, 6.45) is 4.54. The molecule has 0 spiro atoms. The predicted octanol–water partition coefficient (Wildman–Crippen LogP) is 6.90. The molecule has 0 aromatic heterocycles. The van der Waals surface area contributed by atoms with Gasteiger partial charge in [-0.05, 0) is 55.1 Å². The molecule has 0 aliphatic carbocycles. The van der Waals surface area contributed by atoms with E-state index in [1.54, 1.807) is 0 Å². The third kappa shape index (κ3) is 6.68. The van der Waals surface area contributed by atoms with E-state index in [9.17, 15) is 0 Å². The summed E-state index contributed by atoms with van der Waals surface area (Å²) in [5, 5.41) is 0.290. The molecule has 28 heavy (non-hydrogen) atoms. The van der Waals surface area contributed by atoms with Crippen LogP contribution in [0.5, 0.6) is 5.75 Å². The minimum absolute atomic E-state index is 0.290. The topological polar surface area (TPSA) is 44.5 Å². The Hall–Kier alpha value is -1.78. The maximum absolute atomic E-state index is 6.22. The normalized spacial score (nSPS) is 12.2. The van der Waals surface area contributed by atoms with E-state index in [1.165, 1.54) is 12.8 Å². The minimum atomic E-state index is -1.60. The summed E-state index contributed by atoms with van der Waals surface area (Å²) in [6, 6.07) is 16.2. The number of hydrogen-bond donors (Lipinski definition) is 1. The Morgan fingerprint density at radius 2 is 1.50 bits per heavy atom. The van der Waals surface area contributed by atoms with Crippen molar-refractivity contribution in [3.8, 4) is 16.9 Å². The molecule has 0 bridgehead atoms. The molecule has 0 unspecified atom stereocenters. The molecule has 154 valence electrons. The summed E-state index contributed by atoms with van der Waals surface area (Å²) < 4.78 is 12.1. The molecule has 4 heteroatoms. The van der Waals surface area contributed by atoms with Gasteiger partial charge in [-0.1, -0.05) is 57.5 Å². The quantitative estimate of drug-likeness (QED) is 0.268. The molecule has 2 N–H and O–H groups in total. The predicted molar refractivity (Wildman–Crippen MR) is 123 cm³/mol. The third-order valence-electron chi connectivity index (χ3n) is 5.68. The van der Waals surface area contributed by atoms with Gasteiger partial charge in [-0.3, -0.25) is 0 Å². The number of ether oxygens (including phenoxy) is 1. The maximum atomic E-state index is 6.22. The van der Waals surface area contributed by atoms with E-state index < -0.39 is 8.32 Å². The highest BCUT2D eigenvalue weighted by atomic mass is 28.4. The fraction of sp³-hybridized carbons (Fsp3) is 0.500. The minimum Gasteiger partial charge on any atom is -0.494 e. The van der Waals surface area contributed by atoms with E-state index in [4.69, 9.17) is 14.9 Å². The summed E-state index contributed by atoms with van der Waals surface area (Å²) in [5.41, 5.74) is 9.15. The largest absolute Gasteiger partial charge is 0.494 e. The van der Waals surface area contributed by atoms with Crippen LogP contribution in [0.1, 0.15) is 46.5 Å². The lowest BCUT2D eigenvalue weighted by Gasteiger charge is -2.36. The molecule has 0 saturated heterocycles. The van der Waals surface area contributed by atoms with Gasteiger partial charge in [0.25, 0.3) is 0 Å². The van der Waals surface area contributed by atoms with Crippen molar-refractivity contribution in [3.05, 3.63) is 48.5 Å². The van der Waals surface area contributed by atoms with Crippen molar-refractivity contribution in [2.75, 3.05) is 18.9 Å². The van der Waals surface area contributed by atoms with E-state index in [0.717, 1.165) is 48.6 Å². The molecule has 0 atom stereocenters. The van der Waals surface area contributed by atoms with Gasteiger partial charge in [0, 0.05) is 23.9 Å². The third-order valence-corrected chi connectivity index (χ3v) is 10.2. The van der Waals surface area contributed by atoms with E-state index in [1.807, 2.05) is 36.4 Å². The van der Waals surface area contributed by atoms with Gasteiger partial charge < -0.3 is 14.9 Å². The molecule has 0 saturated carbocycles. The zero-order valence-corrected chi connectivity index (χ0v) is 19.3. The summed E-state index contributed by atoms with van der Waals surface area (Å²) in [5.74, 6) is 0.846. The molecule has 0 radical (unpaired) electrons. The van der Waals surface area contributed by atoms with Crippen LogP contribution in [0.15, 0.2) is 48.5 Å². The lowest BCUT2D eigenvalue weighted by Crippen LogP contribution is -2.40. The van der Waals surface area contributed by atoms with Gasteiger partial charge in [0.2, 0.25) is 0 Å². The van der Waals surface area contributed by atoms with Crippen LogP contribution in [0.3, 0.4) is 0 Å². The molecule has 3 nitrogen and oxygen atoms in total. The van der Waals surface area contributed by atoms with Crippen molar-refractivity contribution in [2.24, 2.45) is 0 Å². The van der Waals surface area contributed by atoms with Crippen LogP contribution < -0.4 is 10.5 Å². The first-order valence-corrected chi connectivity index (χ1v) is 13.3. The molecule has 0 fully saturated rings. The molecule has 2 aromatic carbocycles. The SMILES string of the molecule is CC(C)(C)[Si](C)(C)OCCCCCCOc1ccc(-c2ccccc2)c(N)c1. The van der Waals surface area contributed by atoms with Gasteiger partial charge >= 0.3 is 0 Å².